The number of ether oxygens (including phenoxy) is 2. The molecule has 17 heavy (non-hydrogen) atoms. The van der Waals surface area contributed by atoms with Gasteiger partial charge in [0.1, 0.15) is 6.61 Å². The summed E-state index contributed by atoms with van der Waals surface area (Å²) >= 11 is 3.15. The molecule has 0 aromatic heterocycles. The molecule has 2 nitrogen and oxygen atoms in total. The first kappa shape index (κ1) is 12.8. The van der Waals surface area contributed by atoms with E-state index in [-0.39, 0.29) is 18.5 Å². The number of benzene rings is 1. The van der Waals surface area contributed by atoms with E-state index in [0.29, 0.717) is 17.5 Å². The van der Waals surface area contributed by atoms with Crippen LogP contribution in [0.4, 0.5) is 8.78 Å². The Labute approximate surface area is 107 Å². The van der Waals surface area contributed by atoms with Crippen molar-refractivity contribution in [3.63, 3.8) is 0 Å². The summed E-state index contributed by atoms with van der Waals surface area (Å²) in [5.74, 6) is -1.65. The zero-order valence-electron chi connectivity index (χ0n) is 9.22. The molecule has 0 spiro atoms. The van der Waals surface area contributed by atoms with Crippen LogP contribution in [0.25, 0.3) is 0 Å². The Kier molecular flexibility index (Phi) is 4.34. The first-order valence-corrected chi connectivity index (χ1v) is 6.61. The van der Waals surface area contributed by atoms with Gasteiger partial charge in [0.15, 0.2) is 17.4 Å². The molecule has 1 unspecified atom stereocenters. The number of hydrogen-bond acceptors (Lipinski definition) is 2. The monoisotopic (exact) mass is 306 g/mol. The number of hydrogen-bond donors (Lipinski definition) is 0. The van der Waals surface area contributed by atoms with Crippen molar-refractivity contribution >= 4 is 15.9 Å². The van der Waals surface area contributed by atoms with Gasteiger partial charge >= 0.3 is 0 Å². The van der Waals surface area contributed by atoms with Crippen LogP contribution in [0.3, 0.4) is 0 Å². The quantitative estimate of drug-likeness (QED) is 0.794. The van der Waals surface area contributed by atoms with Crippen molar-refractivity contribution < 1.29 is 18.3 Å². The molecule has 1 aliphatic rings. The van der Waals surface area contributed by atoms with Gasteiger partial charge in [-0.3, -0.25) is 0 Å². The van der Waals surface area contributed by atoms with Crippen LogP contribution < -0.4 is 4.74 Å². The topological polar surface area (TPSA) is 18.5 Å². The molecular formula is C12H13BrF2O2. The van der Waals surface area contributed by atoms with Crippen molar-refractivity contribution in [2.45, 2.75) is 24.3 Å². The second-order valence-corrected chi connectivity index (χ2v) is 4.53. The minimum absolute atomic E-state index is 0.0512. The molecular weight excluding hydrogens is 294 g/mol. The summed E-state index contributed by atoms with van der Waals surface area (Å²) in [5, 5.41) is 0.410. The van der Waals surface area contributed by atoms with E-state index >= 15 is 0 Å². The zero-order chi connectivity index (χ0) is 12.3. The molecule has 1 aromatic carbocycles. The fourth-order valence-electron chi connectivity index (χ4n) is 1.78. The zero-order valence-corrected chi connectivity index (χ0v) is 10.8. The largest absolute Gasteiger partial charge is 0.485 e. The van der Waals surface area contributed by atoms with Crippen molar-refractivity contribution in [3.05, 3.63) is 29.3 Å². The third-order valence-electron chi connectivity index (χ3n) is 2.65. The van der Waals surface area contributed by atoms with E-state index in [1.807, 2.05) is 0 Å². The Hall–Kier alpha value is -0.680. The fourth-order valence-corrected chi connectivity index (χ4v) is 2.10. The lowest BCUT2D eigenvalue weighted by Gasteiger charge is -2.13. The molecule has 1 aromatic rings. The molecule has 94 valence electrons. The summed E-state index contributed by atoms with van der Waals surface area (Å²) in [6, 6.07) is 2.53. The van der Waals surface area contributed by atoms with E-state index in [9.17, 15) is 8.78 Å². The maximum atomic E-state index is 13.5. The summed E-state index contributed by atoms with van der Waals surface area (Å²) in [4.78, 5) is 0. The van der Waals surface area contributed by atoms with Crippen LogP contribution in [-0.2, 0) is 10.1 Å². The van der Waals surface area contributed by atoms with Crippen LogP contribution >= 0.6 is 15.9 Å². The molecule has 1 aliphatic heterocycles. The van der Waals surface area contributed by atoms with Crippen LogP contribution in [-0.4, -0.2) is 19.3 Å². The van der Waals surface area contributed by atoms with Crippen molar-refractivity contribution in [3.8, 4) is 5.75 Å². The number of rotatable bonds is 4. The Balaban J connectivity index is 2.04. The minimum Gasteiger partial charge on any atom is -0.485 e. The molecule has 0 saturated carbocycles. The Morgan fingerprint density at radius 2 is 2.06 bits per heavy atom. The minimum atomic E-state index is -0.669. The molecule has 1 atom stereocenters. The van der Waals surface area contributed by atoms with E-state index in [1.54, 1.807) is 0 Å². The van der Waals surface area contributed by atoms with Gasteiger partial charge in [0.05, 0.1) is 6.10 Å². The van der Waals surface area contributed by atoms with E-state index in [0.717, 1.165) is 12.8 Å². The summed E-state index contributed by atoms with van der Waals surface area (Å²) < 4.78 is 37.6. The number of halogens is 3. The Bertz CT molecular complexity index is 369. The molecule has 1 heterocycles. The van der Waals surface area contributed by atoms with Crippen molar-refractivity contribution in [2.24, 2.45) is 0 Å². The third-order valence-corrected chi connectivity index (χ3v) is 3.30. The molecule has 0 radical (unpaired) electrons. The second-order valence-electron chi connectivity index (χ2n) is 3.97. The summed E-state index contributed by atoms with van der Waals surface area (Å²) in [6.07, 6.45) is 1.80. The van der Waals surface area contributed by atoms with Gasteiger partial charge in [0, 0.05) is 11.9 Å². The average molecular weight is 307 g/mol. The lowest BCUT2D eigenvalue weighted by atomic mass is 10.2. The normalized spacial score (nSPS) is 19.6. The smallest absolute Gasteiger partial charge is 0.190 e. The van der Waals surface area contributed by atoms with Gasteiger partial charge in [-0.05, 0) is 30.5 Å². The Morgan fingerprint density at radius 3 is 2.59 bits per heavy atom. The molecule has 0 amide bonds. The van der Waals surface area contributed by atoms with Gasteiger partial charge in [-0.25, -0.2) is 8.78 Å². The van der Waals surface area contributed by atoms with Gasteiger partial charge in [-0.2, -0.15) is 0 Å². The first-order valence-electron chi connectivity index (χ1n) is 5.49. The van der Waals surface area contributed by atoms with Crippen LogP contribution in [0.1, 0.15) is 18.4 Å². The van der Waals surface area contributed by atoms with Crippen molar-refractivity contribution in [2.75, 3.05) is 13.2 Å². The highest BCUT2D eigenvalue weighted by molar-refractivity contribution is 9.08. The maximum absolute atomic E-state index is 13.5. The molecule has 0 bridgehead atoms. The van der Waals surface area contributed by atoms with Crippen LogP contribution in [0.5, 0.6) is 5.75 Å². The van der Waals surface area contributed by atoms with Gasteiger partial charge in [-0.1, -0.05) is 15.9 Å². The highest BCUT2D eigenvalue weighted by Crippen LogP contribution is 2.25. The van der Waals surface area contributed by atoms with E-state index < -0.39 is 11.6 Å². The maximum Gasteiger partial charge on any atom is 0.190 e. The molecule has 1 fully saturated rings. The molecule has 0 N–H and O–H groups in total. The standard InChI is InChI=1S/C12H13BrF2O2/c13-6-8-4-10(14)12(11(15)5-8)17-7-9-2-1-3-16-9/h4-5,9H,1-3,6-7H2. The lowest BCUT2D eigenvalue weighted by molar-refractivity contribution is 0.0650. The summed E-state index contributed by atoms with van der Waals surface area (Å²) in [5.41, 5.74) is 0.546. The lowest BCUT2D eigenvalue weighted by Crippen LogP contribution is -2.17. The predicted molar refractivity (Wildman–Crippen MR) is 63.5 cm³/mol. The molecule has 1 saturated heterocycles. The van der Waals surface area contributed by atoms with Crippen molar-refractivity contribution in [1.82, 2.24) is 0 Å². The SMILES string of the molecule is Fc1cc(CBr)cc(F)c1OCC1CCCO1. The Morgan fingerprint density at radius 1 is 1.35 bits per heavy atom. The van der Waals surface area contributed by atoms with Gasteiger partial charge < -0.3 is 9.47 Å². The first-order chi connectivity index (χ1) is 8.20. The van der Waals surface area contributed by atoms with E-state index in [4.69, 9.17) is 9.47 Å². The highest BCUT2D eigenvalue weighted by atomic mass is 79.9. The molecule has 2 rings (SSSR count). The summed E-state index contributed by atoms with van der Waals surface area (Å²) in [6.45, 7) is 0.892. The van der Waals surface area contributed by atoms with E-state index in [2.05, 4.69) is 15.9 Å². The highest BCUT2D eigenvalue weighted by Gasteiger charge is 2.19. The van der Waals surface area contributed by atoms with Crippen molar-refractivity contribution in [1.29, 1.82) is 0 Å². The van der Waals surface area contributed by atoms with Crippen LogP contribution in [0.2, 0.25) is 0 Å². The van der Waals surface area contributed by atoms with Crippen LogP contribution in [0.15, 0.2) is 12.1 Å². The predicted octanol–water partition coefficient (Wildman–Crippen LogP) is 3.42. The van der Waals surface area contributed by atoms with Gasteiger partial charge in [0.2, 0.25) is 0 Å². The average Bonchev–Trinajstić information content (AvgIpc) is 2.80. The van der Waals surface area contributed by atoms with Gasteiger partial charge in [0.25, 0.3) is 0 Å². The second kappa shape index (κ2) is 5.78. The van der Waals surface area contributed by atoms with E-state index in [1.165, 1.54) is 12.1 Å². The number of alkyl halides is 1. The summed E-state index contributed by atoms with van der Waals surface area (Å²) in [7, 11) is 0. The molecule has 0 aliphatic carbocycles. The van der Waals surface area contributed by atoms with Gasteiger partial charge in [-0.15, -0.1) is 0 Å². The third kappa shape index (κ3) is 3.16. The molecule has 5 heteroatoms. The fraction of sp³-hybridized carbons (Fsp3) is 0.500. The van der Waals surface area contributed by atoms with Crippen LogP contribution in [0, 0.1) is 11.6 Å².